The summed E-state index contributed by atoms with van der Waals surface area (Å²) in [5.41, 5.74) is 0.367. The Morgan fingerprint density at radius 3 is 2.77 bits per heavy atom. The molecule has 2 rings (SSSR count). The van der Waals surface area contributed by atoms with Crippen LogP contribution < -0.4 is 0 Å². The summed E-state index contributed by atoms with van der Waals surface area (Å²) < 4.78 is 0. The molecule has 1 aromatic rings. The van der Waals surface area contributed by atoms with E-state index in [0.717, 1.165) is 0 Å². The molecule has 1 saturated heterocycles. The topological polar surface area (TPSA) is 64.4 Å². The van der Waals surface area contributed by atoms with Gasteiger partial charge in [0, 0.05) is 13.6 Å². The molecule has 0 spiro atoms. The lowest BCUT2D eigenvalue weighted by Crippen LogP contribution is -2.43. The molecule has 1 fully saturated rings. The van der Waals surface area contributed by atoms with Gasteiger partial charge in [-0.05, 0) is 24.5 Å². The predicted molar refractivity (Wildman–Crippen MR) is 83.3 cm³/mol. The third-order valence-electron chi connectivity index (χ3n) is 3.80. The van der Waals surface area contributed by atoms with E-state index in [0.29, 0.717) is 29.5 Å². The smallest absolute Gasteiger partial charge is 0.255 e. The molecule has 0 aliphatic carbocycles. The predicted octanol–water partition coefficient (Wildman–Crippen LogP) is 2.17. The van der Waals surface area contributed by atoms with Crippen molar-refractivity contribution in [3.63, 3.8) is 0 Å². The van der Waals surface area contributed by atoms with Crippen LogP contribution in [-0.2, 0) is 4.79 Å². The van der Waals surface area contributed by atoms with Crippen molar-refractivity contribution >= 4 is 23.4 Å². The van der Waals surface area contributed by atoms with E-state index in [1.54, 1.807) is 36.2 Å². The molecule has 1 aliphatic rings. The number of likely N-dealkylation sites (tertiary alicyclic amines) is 1. The molecule has 2 atom stereocenters. The van der Waals surface area contributed by atoms with Crippen molar-refractivity contribution in [3.05, 3.63) is 34.9 Å². The maximum atomic E-state index is 12.3. The van der Waals surface area contributed by atoms with Gasteiger partial charge in [-0.3, -0.25) is 9.59 Å². The molecule has 1 aromatic carbocycles. The summed E-state index contributed by atoms with van der Waals surface area (Å²) in [6.07, 6.45) is 0.685. The van der Waals surface area contributed by atoms with Crippen molar-refractivity contribution in [2.45, 2.75) is 19.4 Å². The summed E-state index contributed by atoms with van der Waals surface area (Å²) in [5, 5.41) is 9.48. The van der Waals surface area contributed by atoms with Crippen LogP contribution in [-0.4, -0.2) is 47.8 Å². The maximum absolute atomic E-state index is 12.3. The number of nitriles is 1. The van der Waals surface area contributed by atoms with E-state index in [4.69, 9.17) is 16.9 Å². The normalized spacial score (nSPS) is 20.5. The van der Waals surface area contributed by atoms with Crippen molar-refractivity contribution in [1.29, 1.82) is 5.26 Å². The van der Waals surface area contributed by atoms with E-state index in [9.17, 15) is 9.59 Å². The van der Waals surface area contributed by atoms with Gasteiger partial charge >= 0.3 is 0 Å². The van der Waals surface area contributed by atoms with E-state index in [2.05, 4.69) is 6.07 Å². The molecule has 2 amide bonds. The van der Waals surface area contributed by atoms with Crippen LogP contribution >= 0.6 is 11.6 Å². The number of benzene rings is 1. The lowest BCUT2D eigenvalue weighted by molar-refractivity contribution is -0.131. The van der Waals surface area contributed by atoms with Crippen LogP contribution in [0.15, 0.2) is 24.3 Å². The summed E-state index contributed by atoms with van der Waals surface area (Å²) >= 11 is 6.01. The van der Waals surface area contributed by atoms with Gasteiger partial charge in [0.15, 0.2) is 0 Å². The lowest BCUT2D eigenvalue weighted by Gasteiger charge is -2.24. The first-order valence-corrected chi connectivity index (χ1v) is 7.51. The lowest BCUT2D eigenvalue weighted by atomic mass is 10.1. The first-order valence-electron chi connectivity index (χ1n) is 7.13. The largest absolute Gasteiger partial charge is 0.332 e. The van der Waals surface area contributed by atoms with Gasteiger partial charge in [-0.2, -0.15) is 5.26 Å². The van der Waals surface area contributed by atoms with E-state index in [1.807, 2.05) is 6.92 Å². The molecule has 0 saturated carbocycles. The standard InChI is InChI=1S/C16H18ClN3O2/c1-11-7-12(8-18)20(9-11)15(21)10-19(2)16(22)13-5-3-4-6-14(13)17/h3-6,11-12H,7,9-10H2,1-2H3. The van der Waals surface area contributed by atoms with Gasteiger partial charge in [0.25, 0.3) is 5.91 Å². The zero-order chi connectivity index (χ0) is 16.3. The quantitative estimate of drug-likeness (QED) is 0.857. The minimum atomic E-state index is -0.397. The van der Waals surface area contributed by atoms with Crippen LogP contribution in [0, 0.1) is 17.2 Å². The molecule has 22 heavy (non-hydrogen) atoms. The Morgan fingerprint density at radius 2 is 2.14 bits per heavy atom. The molecule has 0 aromatic heterocycles. The Kier molecular flexibility index (Phi) is 5.04. The number of hydrogen-bond donors (Lipinski definition) is 0. The molecule has 0 radical (unpaired) electrons. The molecule has 116 valence electrons. The minimum absolute atomic E-state index is 0.0606. The van der Waals surface area contributed by atoms with Gasteiger partial charge in [0.2, 0.25) is 5.91 Å². The molecule has 2 unspecified atom stereocenters. The Hall–Kier alpha value is -2.06. The van der Waals surface area contributed by atoms with Gasteiger partial charge in [-0.15, -0.1) is 0 Å². The molecule has 5 nitrogen and oxygen atoms in total. The highest BCUT2D eigenvalue weighted by Gasteiger charge is 2.33. The van der Waals surface area contributed by atoms with Gasteiger partial charge in [-0.25, -0.2) is 0 Å². The number of carbonyl (C=O) groups excluding carboxylic acids is 2. The summed E-state index contributed by atoms with van der Waals surface area (Å²) in [5.74, 6) is -0.211. The van der Waals surface area contributed by atoms with Crippen molar-refractivity contribution < 1.29 is 9.59 Å². The highest BCUT2D eigenvalue weighted by atomic mass is 35.5. The molecule has 0 N–H and O–H groups in total. The van der Waals surface area contributed by atoms with E-state index < -0.39 is 6.04 Å². The van der Waals surface area contributed by atoms with Crippen molar-refractivity contribution in [1.82, 2.24) is 9.80 Å². The second-order valence-corrected chi connectivity index (χ2v) is 6.08. The molecular weight excluding hydrogens is 302 g/mol. The SMILES string of the molecule is CC1CC(C#N)N(C(=O)CN(C)C(=O)c2ccccc2Cl)C1. The zero-order valence-electron chi connectivity index (χ0n) is 12.6. The first kappa shape index (κ1) is 16.3. The fourth-order valence-corrected chi connectivity index (χ4v) is 2.87. The average Bonchev–Trinajstić information content (AvgIpc) is 2.88. The number of hydrogen-bond acceptors (Lipinski definition) is 3. The Bertz CT molecular complexity index is 626. The molecule has 1 heterocycles. The summed E-state index contributed by atoms with van der Waals surface area (Å²) in [4.78, 5) is 27.6. The van der Waals surface area contributed by atoms with Crippen molar-refractivity contribution in [2.75, 3.05) is 20.1 Å². The van der Waals surface area contributed by atoms with E-state index >= 15 is 0 Å². The van der Waals surface area contributed by atoms with Gasteiger partial charge in [0.05, 0.1) is 23.2 Å². The second-order valence-electron chi connectivity index (χ2n) is 5.67. The van der Waals surface area contributed by atoms with Crippen LogP contribution in [0.25, 0.3) is 0 Å². The number of amides is 2. The fraction of sp³-hybridized carbons (Fsp3) is 0.438. The highest BCUT2D eigenvalue weighted by molar-refractivity contribution is 6.33. The maximum Gasteiger partial charge on any atom is 0.255 e. The molecular formula is C16H18ClN3O2. The summed E-state index contributed by atoms with van der Waals surface area (Å²) in [6.45, 7) is 2.51. The molecule has 1 aliphatic heterocycles. The first-order chi connectivity index (χ1) is 10.4. The second kappa shape index (κ2) is 6.80. The Labute approximate surface area is 135 Å². The number of carbonyl (C=O) groups is 2. The van der Waals surface area contributed by atoms with Gasteiger partial charge < -0.3 is 9.80 Å². The minimum Gasteiger partial charge on any atom is -0.332 e. The zero-order valence-corrected chi connectivity index (χ0v) is 13.4. The fourth-order valence-electron chi connectivity index (χ4n) is 2.65. The van der Waals surface area contributed by atoms with E-state index in [1.165, 1.54) is 4.90 Å². The highest BCUT2D eigenvalue weighted by Crippen LogP contribution is 2.23. The number of likely N-dealkylation sites (N-methyl/N-ethyl adjacent to an activating group) is 1. The summed E-state index contributed by atoms with van der Waals surface area (Å²) in [7, 11) is 1.56. The van der Waals surface area contributed by atoms with Crippen LogP contribution in [0.3, 0.4) is 0 Å². The van der Waals surface area contributed by atoms with Crippen molar-refractivity contribution in [2.24, 2.45) is 5.92 Å². The third-order valence-corrected chi connectivity index (χ3v) is 4.13. The van der Waals surface area contributed by atoms with Gasteiger partial charge in [-0.1, -0.05) is 30.7 Å². The van der Waals surface area contributed by atoms with E-state index in [-0.39, 0.29) is 18.4 Å². The average molecular weight is 320 g/mol. The van der Waals surface area contributed by atoms with Crippen molar-refractivity contribution in [3.8, 4) is 6.07 Å². The number of nitrogens with zero attached hydrogens (tertiary/aromatic N) is 3. The Morgan fingerprint density at radius 1 is 1.45 bits per heavy atom. The Balaban J connectivity index is 2.04. The van der Waals surface area contributed by atoms with Crippen LogP contribution in [0.5, 0.6) is 0 Å². The van der Waals surface area contributed by atoms with Crippen LogP contribution in [0.4, 0.5) is 0 Å². The van der Waals surface area contributed by atoms with Gasteiger partial charge in [0.1, 0.15) is 6.04 Å². The molecule has 0 bridgehead atoms. The monoisotopic (exact) mass is 319 g/mol. The number of halogens is 1. The number of rotatable bonds is 3. The summed E-state index contributed by atoms with van der Waals surface area (Å²) in [6, 6.07) is 8.48. The molecule has 6 heteroatoms. The van der Waals surface area contributed by atoms with Crippen LogP contribution in [0.2, 0.25) is 5.02 Å². The van der Waals surface area contributed by atoms with Crippen LogP contribution in [0.1, 0.15) is 23.7 Å². The third kappa shape index (κ3) is 3.40.